The molecule has 0 aliphatic rings. The highest BCUT2D eigenvalue weighted by Crippen LogP contribution is 2.21. The van der Waals surface area contributed by atoms with E-state index in [9.17, 15) is 8.42 Å². The fourth-order valence-corrected chi connectivity index (χ4v) is 2.98. The minimum Gasteiger partial charge on any atom is -0.383 e. The van der Waals surface area contributed by atoms with Crippen molar-refractivity contribution in [3.05, 3.63) is 42.4 Å². The van der Waals surface area contributed by atoms with Gasteiger partial charge >= 0.3 is 0 Å². The molecular weight excluding hydrogens is 288 g/mol. The van der Waals surface area contributed by atoms with Gasteiger partial charge in [-0.05, 0) is 37.6 Å². The fraction of sp³-hybridized carbons (Fsp3) is 0.286. The Balaban J connectivity index is 2.31. The first-order valence-corrected chi connectivity index (χ1v) is 8.15. The second-order valence-corrected chi connectivity index (χ2v) is 6.17. The van der Waals surface area contributed by atoms with Gasteiger partial charge in [0.1, 0.15) is 0 Å². The molecule has 0 aliphatic heterocycles. The number of anilines is 2. The maximum atomic E-state index is 12.5. The van der Waals surface area contributed by atoms with Gasteiger partial charge in [-0.1, -0.05) is 6.92 Å². The summed E-state index contributed by atoms with van der Waals surface area (Å²) in [5.41, 5.74) is 1.70. The zero-order chi connectivity index (χ0) is 15.3. The molecule has 0 saturated carbocycles. The standard InChI is InChI=1S/C14H18N4O2S/c1-3-7-16-13-5-4-8-17-14(13)21(19,20)18-12-6-9-15-11(2)10-12/h4-6,8-10,16H,3,7H2,1-2H3,(H,15,18). The number of rotatable bonds is 6. The van der Waals surface area contributed by atoms with Crippen molar-refractivity contribution in [1.82, 2.24) is 9.97 Å². The van der Waals surface area contributed by atoms with E-state index in [0.29, 0.717) is 17.9 Å². The number of hydrogen-bond donors (Lipinski definition) is 2. The molecule has 0 saturated heterocycles. The van der Waals surface area contributed by atoms with Crippen LogP contribution < -0.4 is 10.0 Å². The summed E-state index contributed by atoms with van der Waals surface area (Å²) in [4.78, 5) is 8.03. The monoisotopic (exact) mass is 306 g/mol. The molecule has 2 aromatic heterocycles. The Labute approximate surface area is 124 Å². The maximum Gasteiger partial charge on any atom is 0.281 e. The van der Waals surface area contributed by atoms with Gasteiger partial charge in [-0.15, -0.1) is 0 Å². The Kier molecular flexibility index (Phi) is 4.74. The van der Waals surface area contributed by atoms with Crippen LogP contribution in [0.2, 0.25) is 0 Å². The number of aryl methyl sites for hydroxylation is 1. The predicted molar refractivity (Wildman–Crippen MR) is 82.8 cm³/mol. The summed E-state index contributed by atoms with van der Waals surface area (Å²) < 4.78 is 27.4. The molecule has 0 amide bonds. The van der Waals surface area contributed by atoms with E-state index in [4.69, 9.17) is 0 Å². The number of sulfonamides is 1. The fourth-order valence-electron chi connectivity index (χ4n) is 1.81. The summed E-state index contributed by atoms with van der Waals surface area (Å²) >= 11 is 0. The van der Waals surface area contributed by atoms with Crippen LogP contribution in [-0.2, 0) is 10.0 Å². The van der Waals surface area contributed by atoms with Crippen LogP contribution in [0.4, 0.5) is 11.4 Å². The number of pyridine rings is 2. The SMILES string of the molecule is CCCNc1cccnc1S(=O)(=O)Nc1ccnc(C)c1. The molecule has 0 fully saturated rings. The van der Waals surface area contributed by atoms with Crippen molar-refractivity contribution in [3.63, 3.8) is 0 Å². The lowest BCUT2D eigenvalue weighted by Gasteiger charge is -2.12. The van der Waals surface area contributed by atoms with Crippen LogP contribution >= 0.6 is 0 Å². The maximum absolute atomic E-state index is 12.5. The zero-order valence-corrected chi connectivity index (χ0v) is 12.8. The molecule has 0 radical (unpaired) electrons. The summed E-state index contributed by atoms with van der Waals surface area (Å²) in [6, 6.07) is 6.68. The molecule has 2 N–H and O–H groups in total. The van der Waals surface area contributed by atoms with E-state index in [2.05, 4.69) is 20.0 Å². The minimum atomic E-state index is -3.74. The summed E-state index contributed by atoms with van der Waals surface area (Å²) in [7, 11) is -3.74. The molecule has 0 unspecified atom stereocenters. The molecule has 0 aromatic carbocycles. The molecule has 0 bridgehead atoms. The van der Waals surface area contributed by atoms with Gasteiger partial charge in [0, 0.05) is 24.6 Å². The Bertz CT molecular complexity index is 716. The van der Waals surface area contributed by atoms with E-state index in [1.54, 1.807) is 37.4 Å². The van der Waals surface area contributed by atoms with Crippen molar-refractivity contribution in [2.24, 2.45) is 0 Å². The van der Waals surface area contributed by atoms with Crippen molar-refractivity contribution >= 4 is 21.4 Å². The molecule has 2 aromatic rings. The van der Waals surface area contributed by atoms with Crippen molar-refractivity contribution in [3.8, 4) is 0 Å². The van der Waals surface area contributed by atoms with Crippen LogP contribution in [-0.4, -0.2) is 24.9 Å². The third kappa shape index (κ3) is 3.91. The van der Waals surface area contributed by atoms with Crippen molar-refractivity contribution in [1.29, 1.82) is 0 Å². The largest absolute Gasteiger partial charge is 0.383 e. The zero-order valence-electron chi connectivity index (χ0n) is 12.0. The van der Waals surface area contributed by atoms with E-state index < -0.39 is 10.0 Å². The lowest BCUT2D eigenvalue weighted by molar-refractivity contribution is 0.598. The quantitative estimate of drug-likeness (QED) is 0.856. The van der Waals surface area contributed by atoms with Crippen molar-refractivity contribution in [2.75, 3.05) is 16.6 Å². The van der Waals surface area contributed by atoms with Gasteiger partial charge in [0.15, 0.2) is 5.03 Å². The Morgan fingerprint density at radius 1 is 1.19 bits per heavy atom. The molecule has 2 heterocycles. The van der Waals surface area contributed by atoms with E-state index in [1.165, 1.54) is 6.20 Å². The molecule has 112 valence electrons. The molecule has 0 atom stereocenters. The van der Waals surface area contributed by atoms with Crippen LogP contribution in [0.25, 0.3) is 0 Å². The summed E-state index contributed by atoms with van der Waals surface area (Å²) in [6.07, 6.45) is 3.91. The summed E-state index contributed by atoms with van der Waals surface area (Å²) in [6.45, 7) is 4.49. The van der Waals surface area contributed by atoms with Gasteiger partial charge in [-0.25, -0.2) is 4.98 Å². The first-order valence-electron chi connectivity index (χ1n) is 6.67. The molecule has 0 spiro atoms. The number of aromatic nitrogens is 2. The molecular formula is C14H18N4O2S. The Morgan fingerprint density at radius 3 is 2.71 bits per heavy atom. The Morgan fingerprint density at radius 2 is 2.00 bits per heavy atom. The first kappa shape index (κ1) is 15.2. The number of nitrogens with one attached hydrogen (secondary N) is 2. The van der Waals surface area contributed by atoms with Gasteiger partial charge in [0.05, 0.1) is 11.4 Å². The van der Waals surface area contributed by atoms with E-state index in [0.717, 1.165) is 12.1 Å². The third-order valence-corrected chi connectivity index (χ3v) is 4.08. The highest BCUT2D eigenvalue weighted by molar-refractivity contribution is 7.92. The average Bonchev–Trinajstić information content (AvgIpc) is 2.45. The molecule has 6 nitrogen and oxygen atoms in total. The Hall–Kier alpha value is -2.15. The third-order valence-electron chi connectivity index (χ3n) is 2.74. The van der Waals surface area contributed by atoms with Crippen LogP contribution in [0.15, 0.2) is 41.7 Å². The molecule has 0 aliphatic carbocycles. The molecule has 7 heteroatoms. The van der Waals surface area contributed by atoms with Gasteiger partial charge in [0.2, 0.25) is 0 Å². The minimum absolute atomic E-state index is 0.00656. The average molecular weight is 306 g/mol. The van der Waals surface area contributed by atoms with Crippen molar-refractivity contribution < 1.29 is 8.42 Å². The van der Waals surface area contributed by atoms with E-state index in [1.807, 2.05) is 6.92 Å². The van der Waals surface area contributed by atoms with Gasteiger partial charge < -0.3 is 5.32 Å². The van der Waals surface area contributed by atoms with Gasteiger partial charge in [0.25, 0.3) is 10.0 Å². The van der Waals surface area contributed by atoms with Gasteiger partial charge in [-0.3, -0.25) is 9.71 Å². The van der Waals surface area contributed by atoms with Crippen LogP contribution in [0.3, 0.4) is 0 Å². The topological polar surface area (TPSA) is 84.0 Å². The van der Waals surface area contributed by atoms with Gasteiger partial charge in [-0.2, -0.15) is 8.42 Å². The van der Waals surface area contributed by atoms with Crippen LogP contribution in [0, 0.1) is 6.92 Å². The highest BCUT2D eigenvalue weighted by Gasteiger charge is 2.20. The first-order chi connectivity index (χ1) is 10.0. The summed E-state index contributed by atoms with van der Waals surface area (Å²) in [5, 5.41) is 3.07. The van der Waals surface area contributed by atoms with E-state index in [-0.39, 0.29) is 5.03 Å². The van der Waals surface area contributed by atoms with Crippen LogP contribution in [0.1, 0.15) is 19.0 Å². The number of nitrogens with zero attached hydrogens (tertiary/aromatic N) is 2. The molecule has 21 heavy (non-hydrogen) atoms. The van der Waals surface area contributed by atoms with Crippen molar-refractivity contribution in [2.45, 2.75) is 25.3 Å². The molecule has 2 rings (SSSR count). The second-order valence-electron chi connectivity index (χ2n) is 4.57. The smallest absolute Gasteiger partial charge is 0.281 e. The van der Waals surface area contributed by atoms with E-state index >= 15 is 0 Å². The second kappa shape index (κ2) is 6.53. The predicted octanol–water partition coefficient (Wildman–Crippen LogP) is 2.41. The lowest BCUT2D eigenvalue weighted by atomic mass is 10.3. The summed E-state index contributed by atoms with van der Waals surface area (Å²) in [5.74, 6) is 0. The lowest BCUT2D eigenvalue weighted by Crippen LogP contribution is -2.17. The normalized spacial score (nSPS) is 11.1. The number of hydrogen-bond acceptors (Lipinski definition) is 5. The highest BCUT2D eigenvalue weighted by atomic mass is 32.2. The van der Waals surface area contributed by atoms with Crippen LogP contribution in [0.5, 0.6) is 0 Å².